The number of para-hydroxylation sites is 2. The van der Waals surface area contributed by atoms with Crippen LogP contribution in [0.4, 0.5) is 5.69 Å². The van der Waals surface area contributed by atoms with Crippen molar-refractivity contribution in [3.05, 3.63) is 92.9 Å². The van der Waals surface area contributed by atoms with E-state index in [9.17, 15) is 9.59 Å². The van der Waals surface area contributed by atoms with Crippen LogP contribution in [0.5, 0.6) is 5.75 Å². The number of carbonyl (C=O) groups is 2. The lowest BCUT2D eigenvalue weighted by molar-refractivity contribution is -0.131. The molecule has 0 aliphatic heterocycles. The van der Waals surface area contributed by atoms with Crippen molar-refractivity contribution in [1.29, 1.82) is 0 Å². The number of halogens is 2. The third-order valence-corrected chi connectivity index (χ3v) is 5.74. The molecule has 3 aromatic carbocycles. The predicted octanol–water partition coefficient (Wildman–Crippen LogP) is 5.52. The van der Waals surface area contributed by atoms with Crippen molar-refractivity contribution in [2.45, 2.75) is 13.5 Å². The Kier molecular flexibility index (Phi) is 8.58. The van der Waals surface area contributed by atoms with Crippen molar-refractivity contribution < 1.29 is 14.3 Å². The Morgan fingerprint density at radius 3 is 2.41 bits per heavy atom. The summed E-state index contributed by atoms with van der Waals surface area (Å²) >= 11 is 6.78. The normalized spacial score (nSPS) is 11.7. The highest BCUT2D eigenvalue weighted by atomic mass is 79.9. The Morgan fingerprint density at radius 2 is 1.66 bits per heavy atom. The number of hydrogen-bond acceptors (Lipinski definition) is 4. The third kappa shape index (κ3) is 6.77. The van der Waals surface area contributed by atoms with Crippen LogP contribution in [-0.2, 0) is 16.2 Å². The number of anilines is 1. The number of ether oxygens (including phenoxy) is 1. The highest BCUT2D eigenvalue weighted by Crippen LogP contribution is 2.22. The van der Waals surface area contributed by atoms with Crippen LogP contribution in [0.1, 0.15) is 18.1 Å². The zero-order valence-electron chi connectivity index (χ0n) is 17.2. The van der Waals surface area contributed by atoms with Gasteiger partial charge in [0.15, 0.2) is 0 Å². The zero-order valence-corrected chi connectivity index (χ0v) is 20.4. The molecule has 2 N–H and O–H groups in total. The van der Waals surface area contributed by atoms with Crippen LogP contribution in [0.3, 0.4) is 0 Å². The molecule has 32 heavy (non-hydrogen) atoms. The van der Waals surface area contributed by atoms with Crippen molar-refractivity contribution in [3.63, 3.8) is 0 Å². The highest BCUT2D eigenvalue weighted by Gasteiger charge is 2.21. The number of rotatable bonds is 8. The molecule has 0 fully saturated rings. The fourth-order valence-electron chi connectivity index (χ4n) is 2.65. The molecule has 0 spiro atoms. The maximum absolute atomic E-state index is 12.4. The topological polar surface area (TPSA) is 79.8 Å². The van der Waals surface area contributed by atoms with Gasteiger partial charge in [-0.1, -0.05) is 52.3 Å². The van der Waals surface area contributed by atoms with E-state index in [1.807, 2.05) is 54.6 Å². The van der Waals surface area contributed by atoms with Gasteiger partial charge in [0.1, 0.15) is 18.3 Å². The third-order valence-electron chi connectivity index (χ3n) is 4.52. The van der Waals surface area contributed by atoms with Gasteiger partial charge < -0.3 is 10.1 Å². The Balaban J connectivity index is 1.56. The van der Waals surface area contributed by atoms with Crippen LogP contribution in [0.25, 0.3) is 0 Å². The first-order valence-corrected chi connectivity index (χ1v) is 11.4. The van der Waals surface area contributed by atoms with Gasteiger partial charge in [0.2, 0.25) is 5.91 Å². The number of nitrogens with zero attached hydrogens (tertiary/aromatic N) is 1. The van der Waals surface area contributed by atoms with Gasteiger partial charge in [-0.25, -0.2) is 5.43 Å². The summed E-state index contributed by atoms with van der Waals surface area (Å²) in [6.07, 6.45) is 1.49. The van der Waals surface area contributed by atoms with E-state index in [0.29, 0.717) is 23.6 Å². The van der Waals surface area contributed by atoms with Gasteiger partial charge in [0.05, 0.1) is 11.9 Å². The first kappa shape index (κ1) is 23.7. The number of benzene rings is 3. The molecule has 8 heteroatoms. The van der Waals surface area contributed by atoms with Gasteiger partial charge in [0, 0.05) is 14.5 Å². The molecule has 3 aromatic rings. The van der Waals surface area contributed by atoms with Crippen LogP contribution in [0.15, 0.2) is 86.8 Å². The molecule has 3 rings (SSSR count). The molecule has 6 nitrogen and oxygen atoms in total. The number of amides is 2. The summed E-state index contributed by atoms with van der Waals surface area (Å²) in [6.45, 7) is 1.92. The highest BCUT2D eigenvalue weighted by molar-refractivity contribution is 9.10. The fourth-order valence-corrected chi connectivity index (χ4v) is 3.29. The van der Waals surface area contributed by atoms with Crippen molar-refractivity contribution in [3.8, 4) is 5.75 Å². The average Bonchev–Trinajstić information content (AvgIpc) is 2.80. The summed E-state index contributed by atoms with van der Waals surface area (Å²) in [5.41, 5.74) is 4.74. The molecule has 0 saturated carbocycles. The summed E-state index contributed by atoms with van der Waals surface area (Å²) < 4.78 is 7.63. The summed E-state index contributed by atoms with van der Waals surface area (Å²) in [5, 5.41) is 6.72. The Hall–Kier alpha value is -2.97. The molecular formula is C24H21Br2N3O3. The van der Waals surface area contributed by atoms with Crippen molar-refractivity contribution >= 4 is 55.6 Å². The number of hydrazone groups is 1. The Bertz CT molecular complexity index is 1120. The molecule has 0 aromatic heterocycles. The van der Waals surface area contributed by atoms with Crippen LogP contribution in [-0.4, -0.2) is 18.0 Å². The summed E-state index contributed by atoms with van der Waals surface area (Å²) in [6, 6.07) is 22.4. The second-order valence-electron chi connectivity index (χ2n) is 6.88. The van der Waals surface area contributed by atoms with Crippen LogP contribution in [0.2, 0.25) is 0 Å². The molecule has 0 bridgehead atoms. The molecule has 2 amide bonds. The number of hydrogen-bond donors (Lipinski definition) is 2. The minimum atomic E-state index is -0.928. The quantitative estimate of drug-likeness (QED) is 0.217. The van der Waals surface area contributed by atoms with E-state index in [2.05, 4.69) is 47.7 Å². The van der Waals surface area contributed by atoms with E-state index in [4.69, 9.17) is 4.74 Å². The largest absolute Gasteiger partial charge is 0.488 e. The van der Waals surface area contributed by atoms with Gasteiger partial charge in [-0.05, 0) is 64.8 Å². The molecule has 0 heterocycles. The number of carbonyl (C=O) groups excluding carboxylic acids is 2. The Morgan fingerprint density at radius 1 is 0.969 bits per heavy atom. The lowest BCUT2D eigenvalue weighted by Gasteiger charge is -2.12. The summed E-state index contributed by atoms with van der Waals surface area (Å²) in [5.74, 6) is -1.24. The van der Waals surface area contributed by atoms with Gasteiger partial charge in [-0.3, -0.25) is 9.59 Å². The van der Waals surface area contributed by atoms with E-state index in [1.165, 1.54) is 13.1 Å². The molecule has 0 aliphatic rings. The summed E-state index contributed by atoms with van der Waals surface area (Å²) in [4.78, 5) is 24.7. The monoisotopic (exact) mass is 557 g/mol. The van der Waals surface area contributed by atoms with Crippen molar-refractivity contribution in [2.75, 3.05) is 5.32 Å². The van der Waals surface area contributed by atoms with E-state index in [1.54, 1.807) is 18.2 Å². The van der Waals surface area contributed by atoms with E-state index >= 15 is 0 Å². The molecule has 0 radical (unpaired) electrons. The molecular weight excluding hydrogens is 538 g/mol. The van der Waals surface area contributed by atoms with E-state index in [-0.39, 0.29) is 0 Å². The van der Waals surface area contributed by atoms with Crippen molar-refractivity contribution in [1.82, 2.24) is 5.43 Å². The standard InChI is InChI=1S/C24H21Br2N3O3/c1-16(23(30)28-21-8-4-3-7-20(21)26)24(31)29-27-14-18-6-2-5-9-22(18)32-15-17-10-12-19(25)13-11-17/h2-14,16H,15H2,1H3,(H,28,30)(H,29,31). The molecule has 0 aliphatic carbocycles. The lowest BCUT2D eigenvalue weighted by atomic mass is 10.1. The second kappa shape index (κ2) is 11.6. The molecule has 164 valence electrons. The first-order valence-electron chi connectivity index (χ1n) is 9.78. The maximum atomic E-state index is 12.4. The molecule has 1 atom stereocenters. The van der Waals surface area contributed by atoms with Gasteiger partial charge >= 0.3 is 0 Å². The number of nitrogens with one attached hydrogen (secondary N) is 2. The Labute approximate surface area is 203 Å². The summed E-state index contributed by atoms with van der Waals surface area (Å²) in [7, 11) is 0. The van der Waals surface area contributed by atoms with Crippen LogP contribution in [0, 0.1) is 5.92 Å². The minimum Gasteiger partial charge on any atom is -0.488 e. The van der Waals surface area contributed by atoms with Gasteiger partial charge in [-0.15, -0.1) is 0 Å². The molecule has 1 unspecified atom stereocenters. The van der Waals surface area contributed by atoms with Gasteiger partial charge in [-0.2, -0.15) is 5.10 Å². The SMILES string of the molecule is CC(C(=O)NN=Cc1ccccc1OCc1ccc(Br)cc1)C(=O)Nc1ccccc1Br. The molecule has 0 saturated heterocycles. The van der Waals surface area contributed by atoms with Crippen LogP contribution >= 0.6 is 31.9 Å². The van der Waals surface area contributed by atoms with E-state index < -0.39 is 17.7 Å². The smallest absolute Gasteiger partial charge is 0.252 e. The maximum Gasteiger partial charge on any atom is 0.252 e. The first-order chi connectivity index (χ1) is 15.4. The predicted molar refractivity (Wildman–Crippen MR) is 133 cm³/mol. The lowest BCUT2D eigenvalue weighted by Crippen LogP contribution is -2.34. The van der Waals surface area contributed by atoms with Gasteiger partial charge in [0.25, 0.3) is 5.91 Å². The van der Waals surface area contributed by atoms with Crippen molar-refractivity contribution in [2.24, 2.45) is 11.0 Å². The zero-order chi connectivity index (χ0) is 22.9. The minimum absolute atomic E-state index is 0.400. The van der Waals surface area contributed by atoms with E-state index in [0.717, 1.165) is 14.5 Å². The van der Waals surface area contributed by atoms with Crippen LogP contribution < -0.4 is 15.5 Å². The average molecular weight is 559 g/mol. The fraction of sp³-hybridized carbons (Fsp3) is 0.125. The second-order valence-corrected chi connectivity index (χ2v) is 8.65.